The van der Waals surface area contributed by atoms with Crippen LogP contribution in [0.3, 0.4) is 0 Å². The predicted molar refractivity (Wildman–Crippen MR) is 65.4 cm³/mol. The number of nitrogens with one attached hydrogen (secondary N) is 1. The van der Waals surface area contributed by atoms with E-state index in [0.29, 0.717) is 12.0 Å². The van der Waals surface area contributed by atoms with E-state index in [1.165, 1.54) is 19.3 Å². The minimum Gasteiger partial charge on any atom is -0.444 e. The lowest BCUT2D eigenvalue weighted by molar-refractivity contribution is 0.0460. The Hall–Kier alpha value is -0.730. The van der Waals surface area contributed by atoms with Gasteiger partial charge in [-0.15, -0.1) is 0 Å². The van der Waals surface area contributed by atoms with E-state index in [4.69, 9.17) is 4.74 Å². The smallest absolute Gasteiger partial charge is 0.407 e. The van der Waals surface area contributed by atoms with Gasteiger partial charge in [0.1, 0.15) is 5.60 Å². The van der Waals surface area contributed by atoms with Gasteiger partial charge in [-0.2, -0.15) is 0 Å². The van der Waals surface area contributed by atoms with Crippen LogP contribution in [0.1, 0.15) is 59.8 Å². The Morgan fingerprint density at radius 3 is 2.44 bits per heavy atom. The highest BCUT2D eigenvalue weighted by Gasteiger charge is 2.29. The summed E-state index contributed by atoms with van der Waals surface area (Å²) >= 11 is 0. The summed E-state index contributed by atoms with van der Waals surface area (Å²) in [5.41, 5.74) is -0.402. The van der Waals surface area contributed by atoms with Crippen LogP contribution in [-0.4, -0.2) is 17.7 Å². The first kappa shape index (κ1) is 13.3. The summed E-state index contributed by atoms with van der Waals surface area (Å²) in [4.78, 5) is 11.7. The summed E-state index contributed by atoms with van der Waals surface area (Å²) in [5.74, 6) is 0.674. The number of ether oxygens (including phenoxy) is 1. The molecule has 0 aromatic carbocycles. The van der Waals surface area contributed by atoms with Gasteiger partial charge in [-0.05, 0) is 46.0 Å². The van der Waals surface area contributed by atoms with Crippen LogP contribution in [0.2, 0.25) is 0 Å². The third kappa shape index (κ3) is 4.42. The number of carbonyl (C=O) groups excluding carboxylic acids is 1. The molecular formula is C13H25NO2. The fourth-order valence-corrected chi connectivity index (χ4v) is 2.04. The zero-order chi connectivity index (χ0) is 12.2. The average molecular weight is 227 g/mol. The fourth-order valence-electron chi connectivity index (χ4n) is 2.04. The molecule has 0 saturated heterocycles. The molecule has 1 unspecified atom stereocenters. The Bertz CT molecular complexity index is 229. The van der Waals surface area contributed by atoms with Gasteiger partial charge in [-0.3, -0.25) is 0 Å². The summed E-state index contributed by atoms with van der Waals surface area (Å²) in [5, 5.41) is 3.02. The van der Waals surface area contributed by atoms with Crippen molar-refractivity contribution in [3.63, 3.8) is 0 Å². The van der Waals surface area contributed by atoms with Crippen molar-refractivity contribution in [1.29, 1.82) is 0 Å². The van der Waals surface area contributed by atoms with Crippen molar-refractivity contribution in [2.75, 3.05) is 0 Å². The highest BCUT2D eigenvalue weighted by molar-refractivity contribution is 5.68. The Morgan fingerprint density at radius 2 is 2.06 bits per heavy atom. The minimum absolute atomic E-state index is 0.266. The van der Waals surface area contributed by atoms with Crippen LogP contribution in [0.4, 0.5) is 4.79 Å². The van der Waals surface area contributed by atoms with Crippen molar-refractivity contribution in [1.82, 2.24) is 5.32 Å². The van der Waals surface area contributed by atoms with Crippen LogP contribution < -0.4 is 5.32 Å². The number of hydrogen-bond donors (Lipinski definition) is 1. The molecule has 1 fully saturated rings. The highest BCUT2D eigenvalue weighted by atomic mass is 16.6. The van der Waals surface area contributed by atoms with Gasteiger partial charge < -0.3 is 10.1 Å². The van der Waals surface area contributed by atoms with Crippen molar-refractivity contribution in [2.45, 2.75) is 71.4 Å². The predicted octanol–water partition coefficient (Wildman–Crippen LogP) is 3.48. The maximum Gasteiger partial charge on any atom is 0.407 e. The molecule has 3 nitrogen and oxygen atoms in total. The molecule has 1 aliphatic rings. The summed E-state index contributed by atoms with van der Waals surface area (Å²) in [6.07, 6.45) is 5.71. The molecule has 1 saturated carbocycles. The van der Waals surface area contributed by atoms with Crippen molar-refractivity contribution in [3.05, 3.63) is 0 Å². The van der Waals surface area contributed by atoms with Gasteiger partial charge in [0.05, 0.1) is 0 Å². The van der Waals surface area contributed by atoms with E-state index in [1.54, 1.807) is 0 Å². The second kappa shape index (κ2) is 5.55. The van der Waals surface area contributed by atoms with E-state index in [-0.39, 0.29) is 6.09 Å². The highest BCUT2D eigenvalue weighted by Crippen LogP contribution is 2.31. The second-order valence-electron chi connectivity index (χ2n) is 5.73. The number of amides is 1. The van der Waals surface area contributed by atoms with E-state index >= 15 is 0 Å². The zero-order valence-electron chi connectivity index (χ0n) is 11.0. The van der Waals surface area contributed by atoms with E-state index < -0.39 is 5.60 Å². The van der Waals surface area contributed by atoms with Crippen molar-refractivity contribution >= 4 is 6.09 Å². The quantitative estimate of drug-likeness (QED) is 0.798. The lowest BCUT2D eigenvalue weighted by Gasteiger charge is -2.34. The number of carbonyl (C=O) groups is 1. The number of rotatable bonds is 4. The van der Waals surface area contributed by atoms with E-state index in [2.05, 4.69) is 12.2 Å². The fraction of sp³-hybridized carbons (Fsp3) is 0.923. The summed E-state index contributed by atoms with van der Waals surface area (Å²) in [6, 6.07) is 0.314. The summed E-state index contributed by atoms with van der Waals surface area (Å²) in [6.45, 7) is 7.84. The largest absolute Gasteiger partial charge is 0.444 e. The molecule has 16 heavy (non-hydrogen) atoms. The summed E-state index contributed by atoms with van der Waals surface area (Å²) in [7, 11) is 0. The van der Waals surface area contributed by atoms with Gasteiger partial charge in [-0.25, -0.2) is 4.79 Å². The second-order valence-corrected chi connectivity index (χ2v) is 5.73. The van der Waals surface area contributed by atoms with Gasteiger partial charge in [0, 0.05) is 6.04 Å². The van der Waals surface area contributed by atoms with E-state index in [0.717, 1.165) is 12.8 Å². The zero-order valence-corrected chi connectivity index (χ0v) is 11.0. The normalized spacial score (nSPS) is 18.8. The van der Waals surface area contributed by atoms with Crippen LogP contribution >= 0.6 is 0 Å². The van der Waals surface area contributed by atoms with E-state index in [9.17, 15) is 4.79 Å². The van der Waals surface area contributed by atoms with E-state index in [1.807, 2.05) is 20.8 Å². The molecule has 1 N–H and O–H groups in total. The molecule has 0 aromatic heterocycles. The van der Waals surface area contributed by atoms with Gasteiger partial charge in [0.15, 0.2) is 0 Å². The number of alkyl carbamates (subject to hydrolysis) is 1. The molecule has 1 rings (SSSR count). The maximum atomic E-state index is 11.7. The van der Waals surface area contributed by atoms with Gasteiger partial charge >= 0.3 is 6.09 Å². The lowest BCUT2D eigenvalue weighted by Crippen LogP contribution is -2.44. The molecule has 0 bridgehead atoms. The van der Waals surface area contributed by atoms with Gasteiger partial charge in [0.2, 0.25) is 0 Å². The first-order valence-electron chi connectivity index (χ1n) is 6.42. The van der Waals surface area contributed by atoms with Crippen LogP contribution in [0.5, 0.6) is 0 Å². The molecule has 1 aliphatic carbocycles. The SMILES string of the molecule is CCCC(NC(=O)OC(C)(C)C)C1CCC1. The molecule has 94 valence electrons. The van der Waals surface area contributed by atoms with Crippen LogP contribution in [-0.2, 0) is 4.74 Å². The van der Waals surface area contributed by atoms with Crippen LogP contribution in [0, 0.1) is 5.92 Å². The topological polar surface area (TPSA) is 38.3 Å². The van der Waals surface area contributed by atoms with Crippen molar-refractivity contribution in [2.24, 2.45) is 5.92 Å². The van der Waals surface area contributed by atoms with Crippen LogP contribution in [0.25, 0.3) is 0 Å². The molecule has 0 radical (unpaired) electrons. The lowest BCUT2D eigenvalue weighted by atomic mass is 9.78. The molecule has 1 amide bonds. The van der Waals surface area contributed by atoms with Gasteiger partial charge in [-0.1, -0.05) is 19.8 Å². The molecule has 3 heteroatoms. The standard InChI is InChI=1S/C13H25NO2/c1-5-7-11(10-8-6-9-10)14-12(15)16-13(2,3)4/h10-11H,5-9H2,1-4H3,(H,14,15). The molecule has 0 aromatic rings. The monoisotopic (exact) mass is 227 g/mol. The Balaban J connectivity index is 2.38. The Labute approximate surface area is 98.9 Å². The Morgan fingerprint density at radius 1 is 1.44 bits per heavy atom. The molecule has 1 atom stereocenters. The Kier molecular flexibility index (Phi) is 4.63. The summed E-state index contributed by atoms with van der Waals surface area (Å²) < 4.78 is 5.28. The van der Waals surface area contributed by atoms with Crippen molar-refractivity contribution in [3.8, 4) is 0 Å². The minimum atomic E-state index is -0.402. The third-order valence-electron chi connectivity index (χ3n) is 3.02. The molecule has 0 heterocycles. The third-order valence-corrected chi connectivity index (χ3v) is 3.02. The molecular weight excluding hydrogens is 202 g/mol. The average Bonchev–Trinajstić information content (AvgIpc) is 1.96. The first-order chi connectivity index (χ1) is 7.42. The van der Waals surface area contributed by atoms with Crippen LogP contribution in [0.15, 0.2) is 0 Å². The van der Waals surface area contributed by atoms with Crippen molar-refractivity contribution < 1.29 is 9.53 Å². The molecule has 0 spiro atoms. The first-order valence-corrected chi connectivity index (χ1v) is 6.42. The molecule has 0 aliphatic heterocycles. The van der Waals surface area contributed by atoms with Gasteiger partial charge in [0.25, 0.3) is 0 Å². The maximum absolute atomic E-state index is 11.7. The number of hydrogen-bond acceptors (Lipinski definition) is 2.